The van der Waals surface area contributed by atoms with Crippen molar-refractivity contribution in [3.8, 4) is 0 Å². The fourth-order valence-corrected chi connectivity index (χ4v) is 3.77. The number of ether oxygens (including phenoxy) is 1. The predicted molar refractivity (Wildman–Crippen MR) is 126 cm³/mol. The van der Waals surface area contributed by atoms with E-state index in [9.17, 15) is 9.90 Å². The van der Waals surface area contributed by atoms with E-state index in [2.05, 4.69) is 74.1 Å². The second-order valence-corrected chi connectivity index (χ2v) is 11.4. The van der Waals surface area contributed by atoms with E-state index in [1.807, 2.05) is 6.08 Å². The van der Waals surface area contributed by atoms with Crippen molar-refractivity contribution in [2.75, 3.05) is 5.75 Å². The predicted octanol–water partition coefficient (Wildman–Crippen LogP) is 6.51. The molecule has 0 spiro atoms. The number of thiol groups is 1. The summed E-state index contributed by atoms with van der Waals surface area (Å²) in [5.74, 6) is 0.358. The van der Waals surface area contributed by atoms with Gasteiger partial charge in [-0.05, 0) is 41.2 Å². The minimum atomic E-state index is -1.18. The van der Waals surface area contributed by atoms with Crippen LogP contribution < -0.4 is 0 Å². The van der Waals surface area contributed by atoms with Crippen molar-refractivity contribution in [1.82, 2.24) is 0 Å². The number of hydrogen-bond acceptors (Lipinski definition) is 4. The molecule has 4 heteroatoms. The van der Waals surface area contributed by atoms with E-state index in [4.69, 9.17) is 4.74 Å². The number of unbranched alkanes of at least 4 members (excludes halogenated alkanes) is 2. The first kappa shape index (κ1) is 26.3. The third kappa shape index (κ3) is 8.49. The SMILES string of the molecule is CC(C)CCCCCC(OC(=O)CS)C1(O)C=C(C(C)(C)C)C=C(C(C)(C)C)C1. The van der Waals surface area contributed by atoms with Crippen LogP contribution in [-0.4, -0.2) is 28.5 Å². The summed E-state index contributed by atoms with van der Waals surface area (Å²) in [5.41, 5.74) is 0.951. The Bertz CT molecular complexity index is 605. The minimum Gasteiger partial charge on any atom is -0.458 e. The van der Waals surface area contributed by atoms with Crippen LogP contribution in [-0.2, 0) is 9.53 Å². The lowest BCUT2D eigenvalue weighted by Crippen LogP contribution is -2.47. The van der Waals surface area contributed by atoms with E-state index in [0.717, 1.165) is 18.4 Å². The Hall–Kier alpha value is -0.740. The molecule has 1 rings (SSSR count). The largest absolute Gasteiger partial charge is 0.458 e. The highest BCUT2D eigenvalue weighted by molar-refractivity contribution is 7.81. The fourth-order valence-electron chi connectivity index (χ4n) is 3.69. The van der Waals surface area contributed by atoms with Crippen LogP contribution in [0.3, 0.4) is 0 Å². The minimum absolute atomic E-state index is 0.0255. The van der Waals surface area contributed by atoms with Gasteiger partial charge in [0.1, 0.15) is 11.7 Å². The quantitative estimate of drug-likeness (QED) is 0.252. The van der Waals surface area contributed by atoms with Crippen molar-refractivity contribution in [2.45, 2.75) is 106 Å². The van der Waals surface area contributed by atoms with Gasteiger partial charge in [0.25, 0.3) is 0 Å². The van der Waals surface area contributed by atoms with Gasteiger partial charge in [0, 0.05) is 6.42 Å². The molecule has 3 nitrogen and oxygen atoms in total. The van der Waals surface area contributed by atoms with Gasteiger partial charge in [0.15, 0.2) is 0 Å². The molecule has 0 bridgehead atoms. The second-order valence-electron chi connectivity index (χ2n) is 11.1. The second kappa shape index (κ2) is 10.5. The normalized spacial score (nSPS) is 21.6. The molecule has 0 radical (unpaired) electrons. The Kier molecular flexibility index (Phi) is 9.54. The number of esters is 1. The van der Waals surface area contributed by atoms with Crippen molar-refractivity contribution in [3.05, 3.63) is 23.3 Å². The van der Waals surface area contributed by atoms with Gasteiger partial charge in [-0.2, -0.15) is 12.6 Å². The number of carbonyl (C=O) groups is 1. The summed E-state index contributed by atoms with van der Waals surface area (Å²) in [6.45, 7) is 17.5. The molecule has 1 aliphatic carbocycles. The van der Waals surface area contributed by atoms with Gasteiger partial charge in [-0.3, -0.25) is 4.79 Å². The van der Waals surface area contributed by atoms with E-state index in [0.29, 0.717) is 18.8 Å². The van der Waals surface area contributed by atoms with Gasteiger partial charge in [0.2, 0.25) is 0 Å². The lowest BCUT2D eigenvalue weighted by atomic mass is 9.69. The van der Waals surface area contributed by atoms with Gasteiger partial charge >= 0.3 is 5.97 Å². The van der Waals surface area contributed by atoms with Gasteiger partial charge < -0.3 is 9.84 Å². The molecule has 29 heavy (non-hydrogen) atoms. The number of allylic oxidation sites excluding steroid dienone is 2. The molecule has 0 aromatic carbocycles. The molecular weight excluding hydrogens is 380 g/mol. The van der Waals surface area contributed by atoms with Gasteiger partial charge in [-0.25, -0.2) is 0 Å². The molecule has 1 N–H and O–H groups in total. The lowest BCUT2D eigenvalue weighted by Gasteiger charge is -2.42. The summed E-state index contributed by atoms with van der Waals surface area (Å²) in [6.07, 6.45) is 9.18. The first-order valence-electron chi connectivity index (χ1n) is 11.2. The summed E-state index contributed by atoms with van der Waals surface area (Å²) < 4.78 is 5.75. The lowest BCUT2D eigenvalue weighted by molar-refractivity contribution is -0.158. The highest BCUT2D eigenvalue weighted by Crippen LogP contribution is 2.44. The first-order valence-corrected chi connectivity index (χ1v) is 11.8. The van der Waals surface area contributed by atoms with Gasteiger partial charge in [-0.1, -0.05) is 86.3 Å². The standard InChI is InChI=1S/C25H44O3S/c1-18(2)12-10-9-11-13-21(28-22(26)17-29)25(27)15-19(23(3,4)5)14-20(16-25)24(6,7)8/h14-15,18,21,27,29H,9-13,16-17H2,1-8H3. The van der Waals surface area contributed by atoms with Crippen LogP contribution in [0, 0.1) is 16.7 Å². The Balaban J connectivity index is 3.13. The molecule has 2 atom stereocenters. The summed E-state index contributed by atoms with van der Waals surface area (Å²) in [4.78, 5) is 12.1. The molecule has 168 valence electrons. The maximum absolute atomic E-state index is 12.1. The smallest absolute Gasteiger partial charge is 0.316 e. The van der Waals surface area contributed by atoms with Crippen molar-refractivity contribution in [1.29, 1.82) is 0 Å². The monoisotopic (exact) mass is 424 g/mol. The first-order chi connectivity index (χ1) is 13.2. The molecule has 0 saturated carbocycles. The molecule has 1 aliphatic rings. The maximum atomic E-state index is 12.1. The zero-order chi connectivity index (χ0) is 22.5. The number of hydrogen-bond donors (Lipinski definition) is 2. The van der Waals surface area contributed by atoms with E-state index >= 15 is 0 Å². The average molecular weight is 425 g/mol. The molecule has 0 aromatic rings. The number of aliphatic hydroxyl groups is 1. The van der Waals surface area contributed by atoms with Crippen molar-refractivity contribution in [2.24, 2.45) is 16.7 Å². The molecule has 0 amide bonds. The number of carbonyl (C=O) groups excluding carboxylic acids is 1. The summed E-state index contributed by atoms with van der Waals surface area (Å²) in [5, 5.41) is 11.8. The summed E-state index contributed by atoms with van der Waals surface area (Å²) in [6, 6.07) is 0. The van der Waals surface area contributed by atoms with E-state index in [1.54, 1.807) is 0 Å². The molecule has 0 saturated heterocycles. The zero-order valence-electron chi connectivity index (χ0n) is 20.0. The topological polar surface area (TPSA) is 46.5 Å². The maximum Gasteiger partial charge on any atom is 0.316 e. The van der Waals surface area contributed by atoms with Crippen LogP contribution in [0.4, 0.5) is 0 Å². The third-order valence-electron chi connectivity index (χ3n) is 5.75. The Labute approximate surface area is 184 Å². The van der Waals surface area contributed by atoms with Crippen molar-refractivity contribution >= 4 is 18.6 Å². The molecule has 0 heterocycles. The van der Waals surface area contributed by atoms with Crippen LogP contribution in [0.15, 0.2) is 23.3 Å². The van der Waals surface area contributed by atoms with Crippen LogP contribution in [0.1, 0.15) is 93.9 Å². The highest BCUT2D eigenvalue weighted by Gasteiger charge is 2.43. The Morgan fingerprint density at radius 3 is 2.17 bits per heavy atom. The van der Waals surface area contributed by atoms with Crippen molar-refractivity contribution in [3.63, 3.8) is 0 Å². The van der Waals surface area contributed by atoms with Crippen LogP contribution >= 0.6 is 12.6 Å². The Morgan fingerprint density at radius 1 is 1.10 bits per heavy atom. The molecular formula is C25H44O3S. The number of rotatable bonds is 9. The summed E-state index contributed by atoms with van der Waals surface area (Å²) >= 11 is 4.07. The van der Waals surface area contributed by atoms with Crippen LogP contribution in [0.5, 0.6) is 0 Å². The van der Waals surface area contributed by atoms with Crippen molar-refractivity contribution < 1.29 is 14.6 Å². The van der Waals surface area contributed by atoms with Crippen LogP contribution in [0.25, 0.3) is 0 Å². The molecule has 0 aromatic heterocycles. The third-order valence-corrected chi connectivity index (χ3v) is 6.00. The summed E-state index contributed by atoms with van der Waals surface area (Å²) in [7, 11) is 0. The van der Waals surface area contributed by atoms with E-state index in [-0.39, 0.29) is 22.6 Å². The molecule has 2 unspecified atom stereocenters. The molecule has 0 fully saturated rings. The van der Waals surface area contributed by atoms with Crippen LogP contribution in [0.2, 0.25) is 0 Å². The van der Waals surface area contributed by atoms with Gasteiger partial charge in [0.05, 0.1) is 5.75 Å². The molecule has 0 aliphatic heterocycles. The average Bonchev–Trinajstić information content (AvgIpc) is 2.57. The van der Waals surface area contributed by atoms with Gasteiger partial charge in [-0.15, -0.1) is 0 Å². The zero-order valence-corrected chi connectivity index (χ0v) is 20.9. The Morgan fingerprint density at radius 2 is 1.69 bits per heavy atom. The van der Waals surface area contributed by atoms with E-state index in [1.165, 1.54) is 18.4 Å². The van der Waals surface area contributed by atoms with E-state index < -0.39 is 11.7 Å². The highest BCUT2D eigenvalue weighted by atomic mass is 32.1. The fraction of sp³-hybridized carbons (Fsp3) is 0.800.